The zero-order valence-corrected chi connectivity index (χ0v) is 21.1. The summed E-state index contributed by atoms with van der Waals surface area (Å²) >= 11 is 0. The minimum Gasteiger partial charge on any atom is -0.413 e. The SMILES string of the molecule is CC(C=O)[C@@H]1[C@H]([C@@H](C)O[Si](C)(C)C(C)(C)C)C(=O)N1[Si](C)(C)C(C)(C)C. The molecule has 0 N–H and O–H groups in total. The van der Waals surface area contributed by atoms with E-state index in [0.29, 0.717) is 0 Å². The maximum atomic E-state index is 13.2. The number of nitrogens with zero attached hydrogens (tertiary/aromatic N) is 1. The van der Waals surface area contributed by atoms with E-state index in [-0.39, 0.29) is 40.0 Å². The Kier molecular flexibility index (Phi) is 6.50. The average Bonchev–Trinajstić information content (AvgIpc) is 2.40. The monoisotopic (exact) mass is 399 g/mol. The van der Waals surface area contributed by atoms with Crippen molar-refractivity contribution in [1.29, 1.82) is 0 Å². The first-order valence-corrected chi connectivity index (χ1v) is 15.7. The van der Waals surface area contributed by atoms with E-state index >= 15 is 0 Å². The summed E-state index contributed by atoms with van der Waals surface area (Å²) in [6, 6.07) is -0.0411. The lowest BCUT2D eigenvalue weighted by atomic mass is 9.79. The van der Waals surface area contributed by atoms with Crippen molar-refractivity contribution in [2.75, 3.05) is 0 Å². The van der Waals surface area contributed by atoms with Gasteiger partial charge in [0.05, 0.1) is 12.0 Å². The highest BCUT2D eigenvalue weighted by atomic mass is 28.4. The van der Waals surface area contributed by atoms with Crippen molar-refractivity contribution < 1.29 is 14.0 Å². The van der Waals surface area contributed by atoms with Crippen LogP contribution >= 0.6 is 0 Å². The van der Waals surface area contributed by atoms with Gasteiger partial charge < -0.3 is 13.8 Å². The molecule has 0 aromatic carbocycles. The average molecular weight is 400 g/mol. The van der Waals surface area contributed by atoms with Crippen LogP contribution in [0, 0.1) is 11.8 Å². The third-order valence-corrected chi connectivity index (χ3v) is 17.1. The Hall–Kier alpha value is -0.466. The first kappa shape index (κ1) is 23.6. The predicted molar refractivity (Wildman–Crippen MR) is 114 cm³/mol. The van der Waals surface area contributed by atoms with E-state index in [1.807, 2.05) is 13.8 Å². The molecule has 0 radical (unpaired) electrons. The van der Waals surface area contributed by atoms with Crippen LogP contribution in [0.4, 0.5) is 0 Å². The molecule has 0 saturated carbocycles. The van der Waals surface area contributed by atoms with E-state index in [4.69, 9.17) is 4.43 Å². The Labute approximate surface area is 163 Å². The van der Waals surface area contributed by atoms with E-state index < -0.39 is 16.6 Å². The number of amides is 1. The largest absolute Gasteiger partial charge is 0.413 e. The lowest BCUT2D eigenvalue weighted by molar-refractivity contribution is -0.158. The lowest BCUT2D eigenvalue weighted by Gasteiger charge is -2.61. The molecular formula is C20H41NO3Si2. The van der Waals surface area contributed by atoms with Crippen molar-refractivity contribution in [3.63, 3.8) is 0 Å². The zero-order valence-electron chi connectivity index (χ0n) is 19.1. The first-order chi connectivity index (χ1) is 11.4. The van der Waals surface area contributed by atoms with Crippen LogP contribution in [0.2, 0.25) is 36.3 Å². The molecule has 1 rings (SSSR count). The van der Waals surface area contributed by atoms with Gasteiger partial charge in [-0.25, -0.2) is 0 Å². The molecule has 0 aromatic heterocycles. The van der Waals surface area contributed by atoms with E-state index in [9.17, 15) is 9.59 Å². The van der Waals surface area contributed by atoms with Crippen LogP contribution in [0.1, 0.15) is 55.4 Å². The maximum Gasteiger partial charge on any atom is 0.222 e. The molecule has 0 bridgehead atoms. The Morgan fingerprint density at radius 2 is 1.46 bits per heavy atom. The van der Waals surface area contributed by atoms with Gasteiger partial charge in [0.1, 0.15) is 6.29 Å². The number of β-lactam (4-membered cyclic amide) rings is 1. The fraction of sp³-hybridized carbons (Fsp3) is 0.900. The molecule has 152 valence electrons. The van der Waals surface area contributed by atoms with Crippen molar-refractivity contribution in [2.24, 2.45) is 11.8 Å². The third-order valence-electron chi connectivity index (χ3n) is 7.17. The second-order valence-electron chi connectivity index (χ2n) is 11.1. The number of hydrogen-bond donors (Lipinski definition) is 0. The number of hydrogen-bond acceptors (Lipinski definition) is 3. The summed E-state index contributed by atoms with van der Waals surface area (Å²) in [6.07, 6.45) is 0.848. The van der Waals surface area contributed by atoms with Crippen molar-refractivity contribution in [3.05, 3.63) is 0 Å². The van der Waals surface area contributed by atoms with E-state index in [1.54, 1.807) is 0 Å². The summed E-state index contributed by atoms with van der Waals surface area (Å²) in [6.45, 7) is 26.1. The van der Waals surface area contributed by atoms with Crippen LogP contribution < -0.4 is 0 Å². The third kappa shape index (κ3) is 4.02. The van der Waals surface area contributed by atoms with Crippen LogP contribution in [0.5, 0.6) is 0 Å². The molecule has 1 fully saturated rings. The minimum absolute atomic E-state index is 0.0411. The van der Waals surface area contributed by atoms with Crippen LogP contribution in [-0.2, 0) is 14.0 Å². The second kappa shape index (κ2) is 7.17. The summed E-state index contributed by atoms with van der Waals surface area (Å²) in [4.78, 5) is 24.9. The number of aldehydes is 1. The Balaban J connectivity index is 3.18. The second-order valence-corrected chi connectivity index (χ2v) is 21.0. The molecule has 1 aliphatic heterocycles. The van der Waals surface area contributed by atoms with Gasteiger partial charge in [0.2, 0.25) is 5.91 Å². The number of carbonyl (C=O) groups is 2. The Morgan fingerprint density at radius 1 is 1.00 bits per heavy atom. The fourth-order valence-electron chi connectivity index (χ4n) is 3.38. The molecule has 4 atom stereocenters. The minimum atomic E-state index is -2.03. The fourth-order valence-corrected chi connectivity index (χ4v) is 7.37. The number of rotatable bonds is 6. The molecule has 1 heterocycles. The molecule has 0 aliphatic carbocycles. The van der Waals surface area contributed by atoms with Crippen LogP contribution in [-0.4, -0.2) is 45.5 Å². The van der Waals surface area contributed by atoms with Crippen molar-refractivity contribution in [1.82, 2.24) is 4.57 Å². The summed E-state index contributed by atoms with van der Waals surface area (Å²) in [7, 11) is -4.00. The highest BCUT2D eigenvalue weighted by molar-refractivity contribution is 6.80. The van der Waals surface area contributed by atoms with Crippen molar-refractivity contribution >= 4 is 28.7 Å². The van der Waals surface area contributed by atoms with E-state index in [2.05, 4.69) is 72.3 Å². The quantitative estimate of drug-likeness (QED) is 0.356. The highest BCUT2D eigenvalue weighted by Gasteiger charge is 2.60. The van der Waals surface area contributed by atoms with E-state index in [0.717, 1.165) is 6.29 Å². The molecule has 6 heteroatoms. The lowest BCUT2D eigenvalue weighted by Crippen LogP contribution is -2.76. The van der Waals surface area contributed by atoms with Crippen molar-refractivity contribution in [2.45, 2.75) is 104 Å². The van der Waals surface area contributed by atoms with Gasteiger partial charge in [-0.1, -0.05) is 61.6 Å². The maximum absolute atomic E-state index is 13.2. The van der Waals surface area contributed by atoms with Gasteiger partial charge in [-0.05, 0) is 30.1 Å². The predicted octanol–water partition coefficient (Wildman–Crippen LogP) is 5.06. The molecule has 4 nitrogen and oxygen atoms in total. The summed E-state index contributed by atoms with van der Waals surface area (Å²) < 4.78 is 8.62. The molecular weight excluding hydrogens is 358 g/mol. The van der Waals surface area contributed by atoms with Gasteiger partial charge in [0.15, 0.2) is 16.6 Å². The van der Waals surface area contributed by atoms with Crippen LogP contribution in [0.3, 0.4) is 0 Å². The summed E-state index contributed by atoms with van der Waals surface area (Å²) in [5.41, 5.74) is 0. The topological polar surface area (TPSA) is 46.6 Å². The smallest absolute Gasteiger partial charge is 0.222 e. The molecule has 1 unspecified atom stereocenters. The van der Waals surface area contributed by atoms with Crippen molar-refractivity contribution in [3.8, 4) is 0 Å². The summed E-state index contributed by atoms with van der Waals surface area (Å²) in [5.74, 6) is -0.197. The molecule has 0 aromatic rings. The van der Waals surface area contributed by atoms with E-state index in [1.165, 1.54) is 0 Å². The van der Waals surface area contributed by atoms with Gasteiger partial charge in [-0.15, -0.1) is 0 Å². The summed E-state index contributed by atoms with van der Waals surface area (Å²) in [5, 5.41) is 0.150. The Morgan fingerprint density at radius 3 is 1.81 bits per heavy atom. The van der Waals surface area contributed by atoms with Gasteiger partial charge >= 0.3 is 0 Å². The first-order valence-electron chi connectivity index (χ1n) is 9.86. The normalized spacial score (nSPS) is 24.9. The highest BCUT2D eigenvalue weighted by Crippen LogP contribution is 2.48. The van der Waals surface area contributed by atoms with Gasteiger partial charge in [-0.2, -0.15) is 0 Å². The molecule has 26 heavy (non-hydrogen) atoms. The zero-order chi connectivity index (χ0) is 20.9. The number of carbonyl (C=O) groups excluding carboxylic acids is 2. The molecule has 1 saturated heterocycles. The van der Waals surface area contributed by atoms with Gasteiger partial charge in [-0.3, -0.25) is 4.79 Å². The van der Waals surface area contributed by atoms with Crippen LogP contribution in [0.25, 0.3) is 0 Å². The van der Waals surface area contributed by atoms with Crippen LogP contribution in [0.15, 0.2) is 0 Å². The standard InChI is InChI=1S/C20H41NO3Si2/c1-14(13-22)17-16(15(2)24-26(11,12)20(6,7)8)18(23)21(17)25(9,10)19(3,4)5/h13-17H,1-12H3/t14?,15-,16+,17-/m1/s1. The molecule has 0 spiro atoms. The molecule has 1 aliphatic rings. The van der Waals surface area contributed by atoms with Gasteiger partial charge in [0, 0.05) is 12.0 Å². The molecule has 1 amide bonds. The van der Waals surface area contributed by atoms with Gasteiger partial charge in [0.25, 0.3) is 0 Å². The Bertz CT molecular complexity index is 546.